The van der Waals surface area contributed by atoms with Crippen LogP contribution in [0.2, 0.25) is 0 Å². The molecule has 8 nitrogen and oxygen atoms in total. The number of nitrogens with one attached hydrogen (secondary N) is 2. The van der Waals surface area contributed by atoms with Crippen LogP contribution in [0.15, 0.2) is 28.1 Å². The molecule has 2 heterocycles. The molecular weight excluding hydrogens is 476 g/mol. The van der Waals surface area contributed by atoms with Crippen LogP contribution in [0.3, 0.4) is 0 Å². The van der Waals surface area contributed by atoms with Gasteiger partial charge in [-0.2, -0.15) is 0 Å². The summed E-state index contributed by atoms with van der Waals surface area (Å²) in [7, 11) is 0. The molecule has 2 N–H and O–H groups in total. The second-order valence-corrected chi connectivity index (χ2v) is 11.3. The van der Waals surface area contributed by atoms with Gasteiger partial charge < -0.3 is 20.1 Å². The van der Waals surface area contributed by atoms with Gasteiger partial charge in [0, 0.05) is 29.8 Å². The first-order chi connectivity index (χ1) is 17.4. The van der Waals surface area contributed by atoms with Crippen molar-refractivity contribution in [1.29, 1.82) is 0 Å². The molecule has 0 spiro atoms. The van der Waals surface area contributed by atoms with Crippen LogP contribution < -0.4 is 10.6 Å². The van der Waals surface area contributed by atoms with E-state index < -0.39 is 5.54 Å². The third-order valence-corrected chi connectivity index (χ3v) is 8.59. The molecule has 2 aromatic heterocycles. The van der Waals surface area contributed by atoms with E-state index in [1.807, 2.05) is 17.5 Å². The minimum atomic E-state index is -0.906. The van der Waals surface area contributed by atoms with Crippen LogP contribution in [0.4, 0.5) is 5.82 Å². The monoisotopic (exact) mass is 514 g/mol. The highest BCUT2D eigenvalue weighted by molar-refractivity contribution is 7.09. The summed E-state index contributed by atoms with van der Waals surface area (Å²) in [6.45, 7) is 4.23. The van der Waals surface area contributed by atoms with E-state index in [4.69, 9.17) is 4.52 Å². The Kier molecular flexibility index (Phi) is 8.82. The lowest BCUT2D eigenvalue weighted by molar-refractivity contribution is -0.156. The number of amides is 3. The molecule has 2 aliphatic rings. The zero-order valence-electron chi connectivity index (χ0n) is 21.4. The molecular formula is C27H38N4O4S. The van der Waals surface area contributed by atoms with Gasteiger partial charge in [0.1, 0.15) is 11.3 Å². The maximum atomic E-state index is 14.1. The quantitative estimate of drug-likeness (QED) is 0.479. The lowest BCUT2D eigenvalue weighted by Crippen LogP contribution is -2.65. The van der Waals surface area contributed by atoms with Gasteiger partial charge in [0.15, 0.2) is 5.82 Å². The minimum Gasteiger partial charge on any atom is -0.360 e. The Bertz CT molecular complexity index is 1030. The first-order valence-electron chi connectivity index (χ1n) is 13.3. The fraction of sp³-hybridized carbons (Fsp3) is 0.630. The Hall–Kier alpha value is -2.68. The van der Waals surface area contributed by atoms with Crippen molar-refractivity contribution < 1.29 is 18.9 Å². The Morgan fingerprint density at radius 3 is 2.58 bits per heavy atom. The van der Waals surface area contributed by atoms with E-state index in [-0.39, 0.29) is 42.5 Å². The number of rotatable bonds is 9. The molecule has 0 saturated heterocycles. The number of aromatic nitrogens is 1. The van der Waals surface area contributed by atoms with Gasteiger partial charge in [-0.1, -0.05) is 50.3 Å². The summed E-state index contributed by atoms with van der Waals surface area (Å²) < 4.78 is 5.00. The average Bonchev–Trinajstić information content (AvgIpc) is 3.54. The molecule has 196 valence electrons. The molecule has 0 bridgehead atoms. The smallest absolute Gasteiger partial charge is 0.246 e. The van der Waals surface area contributed by atoms with Gasteiger partial charge in [-0.15, -0.1) is 11.3 Å². The highest BCUT2D eigenvalue weighted by Crippen LogP contribution is 2.41. The zero-order valence-corrected chi connectivity index (χ0v) is 22.2. The van der Waals surface area contributed by atoms with E-state index in [0.29, 0.717) is 24.5 Å². The molecule has 0 radical (unpaired) electrons. The standard InChI is InChI=1S/C27H38N4O4S/c1-19-9-6-7-15-27(19,26(34)28-21-10-4-3-5-11-21)31(18-22-12-8-16-36-22)25(33)14-13-24(32)29-23-17-20(2)35-30-23/h8,12,16-17,19,21H,3-7,9-11,13-15,18H2,1-2H3,(H,28,34)(H,29,30,32)/t19-,27+/m1/s1. The molecule has 9 heteroatoms. The first kappa shape index (κ1) is 26.4. The fourth-order valence-electron chi connectivity index (χ4n) is 5.74. The van der Waals surface area contributed by atoms with E-state index in [0.717, 1.165) is 49.8 Å². The predicted molar refractivity (Wildman–Crippen MR) is 139 cm³/mol. The lowest BCUT2D eigenvalue weighted by Gasteiger charge is -2.49. The summed E-state index contributed by atoms with van der Waals surface area (Å²) in [5.74, 6) is 0.484. The molecule has 2 atom stereocenters. The maximum Gasteiger partial charge on any atom is 0.246 e. The van der Waals surface area contributed by atoms with Crippen LogP contribution in [0.25, 0.3) is 0 Å². The summed E-state index contributed by atoms with van der Waals surface area (Å²) in [4.78, 5) is 43.2. The molecule has 36 heavy (non-hydrogen) atoms. The van der Waals surface area contributed by atoms with Crippen molar-refractivity contribution in [3.8, 4) is 0 Å². The van der Waals surface area contributed by atoms with Gasteiger partial charge in [-0.25, -0.2) is 0 Å². The van der Waals surface area contributed by atoms with Crippen LogP contribution in [-0.4, -0.2) is 39.4 Å². The van der Waals surface area contributed by atoms with Gasteiger partial charge in [0.05, 0.1) is 6.54 Å². The third kappa shape index (κ3) is 6.17. The zero-order chi connectivity index (χ0) is 25.5. The number of hydrogen-bond donors (Lipinski definition) is 2. The van der Waals surface area contributed by atoms with Crippen LogP contribution >= 0.6 is 11.3 Å². The number of thiophene rings is 1. The number of anilines is 1. The number of carbonyl (C=O) groups is 3. The summed E-state index contributed by atoms with van der Waals surface area (Å²) >= 11 is 1.58. The minimum absolute atomic E-state index is 0.0143. The lowest BCUT2D eigenvalue weighted by atomic mass is 9.71. The van der Waals surface area contributed by atoms with Crippen LogP contribution in [0.1, 0.15) is 88.2 Å². The van der Waals surface area contributed by atoms with Crippen LogP contribution in [0, 0.1) is 12.8 Å². The molecule has 2 saturated carbocycles. The molecule has 3 amide bonds. The van der Waals surface area contributed by atoms with Gasteiger partial charge in [-0.05, 0) is 50.0 Å². The molecule has 0 unspecified atom stereocenters. The summed E-state index contributed by atoms with van der Waals surface area (Å²) in [5.41, 5.74) is -0.906. The van der Waals surface area contributed by atoms with E-state index in [1.165, 1.54) is 6.42 Å². The maximum absolute atomic E-state index is 14.1. The number of nitrogens with zero attached hydrogens (tertiary/aromatic N) is 2. The summed E-state index contributed by atoms with van der Waals surface area (Å²) in [6, 6.07) is 5.78. The highest BCUT2D eigenvalue weighted by atomic mass is 32.1. The molecule has 2 aromatic rings. The first-order valence-corrected chi connectivity index (χ1v) is 14.1. The molecule has 2 fully saturated rings. The SMILES string of the molecule is Cc1cc(NC(=O)CCC(=O)N(Cc2cccs2)[C@@]2(C(=O)NC3CCCCC3)CCCC[C@H]2C)no1. The van der Waals surface area contributed by atoms with Gasteiger partial charge in [-0.3, -0.25) is 14.4 Å². The van der Waals surface area contributed by atoms with Crippen molar-refractivity contribution in [2.24, 2.45) is 5.92 Å². The Morgan fingerprint density at radius 1 is 1.14 bits per heavy atom. The Morgan fingerprint density at radius 2 is 1.92 bits per heavy atom. The van der Waals surface area contributed by atoms with Crippen LogP contribution in [0.5, 0.6) is 0 Å². The van der Waals surface area contributed by atoms with Gasteiger partial charge in [0.2, 0.25) is 17.7 Å². The largest absolute Gasteiger partial charge is 0.360 e. The van der Waals surface area contributed by atoms with E-state index in [1.54, 1.807) is 29.2 Å². The number of aryl methyl sites for hydroxylation is 1. The van der Waals surface area contributed by atoms with Crippen molar-refractivity contribution in [3.05, 3.63) is 34.2 Å². The molecule has 0 aromatic carbocycles. The summed E-state index contributed by atoms with van der Waals surface area (Å²) in [6.07, 6.45) is 9.02. The second-order valence-electron chi connectivity index (χ2n) is 10.3. The van der Waals surface area contributed by atoms with Crippen molar-refractivity contribution in [2.45, 2.75) is 103 Å². The number of carbonyl (C=O) groups excluding carboxylic acids is 3. The van der Waals surface area contributed by atoms with E-state index in [2.05, 4.69) is 22.7 Å². The highest BCUT2D eigenvalue weighted by Gasteiger charge is 2.51. The average molecular weight is 515 g/mol. The van der Waals surface area contributed by atoms with Crippen LogP contribution in [-0.2, 0) is 20.9 Å². The normalized spacial score (nSPS) is 22.7. The molecule has 0 aliphatic heterocycles. The topological polar surface area (TPSA) is 105 Å². The second kappa shape index (κ2) is 12.0. The fourth-order valence-corrected chi connectivity index (χ4v) is 6.44. The van der Waals surface area contributed by atoms with Gasteiger partial charge >= 0.3 is 0 Å². The van der Waals surface area contributed by atoms with Gasteiger partial charge in [0.25, 0.3) is 0 Å². The van der Waals surface area contributed by atoms with E-state index >= 15 is 0 Å². The Labute approximate surface area is 217 Å². The third-order valence-electron chi connectivity index (χ3n) is 7.73. The van der Waals surface area contributed by atoms with Crippen molar-refractivity contribution in [2.75, 3.05) is 5.32 Å². The van der Waals surface area contributed by atoms with Crippen molar-refractivity contribution in [3.63, 3.8) is 0 Å². The molecule has 4 rings (SSSR count). The van der Waals surface area contributed by atoms with Crippen molar-refractivity contribution >= 4 is 34.9 Å². The Balaban J connectivity index is 1.54. The molecule has 2 aliphatic carbocycles. The summed E-state index contributed by atoms with van der Waals surface area (Å²) in [5, 5.41) is 11.8. The van der Waals surface area contributed by atoms with E-state index in [9.17, 15) is 14.4 Å². The van der Waals surface area contributed by atoms with Crippen molar-refractivity contribution in [1.82, 2.24) is 15.4 Å². The number of hydrogen-bond acceptors (Lipinski definition) is 6. The predicted octanol–water partition coefficient (Wildman–Crippen LogP) is 5.19.